The maximum atomic E-state index is 11.8. The average molecular weight is 311 g/mol. The van der Waals surface area contributed by atoms with E-state index in [0.717, 1.165) is 12.5 Å². The summed E-state index contributed by atoms with van der Waals surface area (Å²) in [6.45, 7) is 3.64. The quantitative estimate of drug-likeness (QED) is 0.476. The van der Waals surface area contributed by atoms with E-state index in [-0.39, 0.29) is 17.0 Å². The molecule has 1 saturated carbocycles. The number of hydrogen-bond acceptors (Lipinski definition) is 6. The lowest BCUT2D eigenvalue weighted by molar-refractivity contribution is 0.0991. The zero-order chi connectivity index (χ0) is 15.4. The number of nitrogens with two attached hydrogens (primary N) is 2. The molecule has 7 heteroatoms. The van der Waals surface area contributed by atoms with Gasteiger partial charge in [0.15, 0.2) is 5.78 Å². The number of ether oxygens (including phenoxy) is 1. The molecule has 1 aromatic rings. The highest BCUT2D eigenvalue weighted by Crippen LogP contribution is 2.36. The number of thiophene rings is 1. The number of carbonyl (C=O) groups is 2. The summed E-state index contributed by atoms with van der Waals surface area (Å²) in [5.41, 5.74) is 11.6. The van der Waals surface area contributed by atoms with E-state index >= 15 is 0 Å². The van der Waals surface area contributed by atoms with Crippen LogP contribution in [-0.4, -0.2) is 31.4 Å². The third-order valence-corrected chi connectivity index (χ3v) is 4.55. The Labute approximate surface area is 127 Å². The van der Waals surface area contributed by atoms with Gasteiger partial charge in [-0.05, 0) is 18.8 Å². The Morgan fingerprint density at radius 2 is 2.14 bits per heavy atom. The van der Waals surface area contributed by atoms with E-state index in [2.05, 4.69) is 5.32 Å². The number of anilines is 2. The van der Waals surface area contributed by atoms with Gasteiger partial charge in [0.05, 0.1) is 22.7 Å². The lowest BCUT2D eigenvalue weighted by atomic mass is 10.1. The molecule has 0 bridgehead atoms. The lowest BCUT2D eigenvalue weighted by Gasteiger charge is -2.06. The van der Waals surface area contributed by atoms with Crippen molar-refractivity contribution < 1.29 is 14.3 Å². The molecule has 1 heterocycles. The van der Waals surface area contributed by atoms with Crippen molar-refractivity contribution in [2.45, 2.75) is 26.2 Å². The Bertz CT molecular complexity index is 538. The van der Waals surface area contributed by atoms with Crippen LogP contribution >= 0.6 is 11.3 Å². The first-order valence-corrected chi connectivity index (χ1v) is 7.93. The fourth-order valence-electron chi connectivity index (χ4n) is 1.95. The number of Topliss-reactive ketones (excluding diaryl/α,β-unsaturated/α-hetero) is 1. The average Bonchev–Trinajstić information content (AvgIpc) is 3.20. The Hall–Kier alpha value is -1.60. The molecule has 1 aliphatic carbocycles. The minimum atomic E-state index is -0.625. The topological polar surface area (TPSA) is 107 Å². The zero-order valence-electron chi connectivity index (χ0n) is 12.1. The first-order chi connectivity index (χ1) is 10.0. The summed E-state index contributed by atoms with van der Waals surface area (Å²) >= 11 is 1.18. The molecular formula is C14H21N3O3S. The highest BCUT2D eigenvalue weighted by atomic mass is 32.1. The van der Waals surface area contributed by atoms with Gasteiger partial charge in [-0.2, -0.15) is 0 Å². The predicted octanol–water partition coefficient (Wildman–Crippen LogP) is 1.86. The number of rotatable bonds is 9. The van der Waals surface area contributed by atoms with E-state index in [0.29, 0.717) is 29.5 Å². The Morgan fingerprint density at radius 3 is 2.71 bits per heavy atom. The van der Waals surface area contributed by atoms with Gasteiger partial charge in [-0.3, -0.25) is 9.59 Å². The van der Waals surface area contributed by atoms with Crippen LogP contribution in [0.4, 0.5) is 10.7 Å². The number of primary amides is 1. The van der Waals surface area contributed by atoms with Crippen LogP contribution in [0.5, 0.6) is 0 Å². The third-order valence-electron chi connectivity index (χ3n) is 3.35. The van der Waals surface area contributed by atoms with E-state index < -0.39 is 5.91 Å². The van der Waals surface area contributed by atoms with Gasteiger partial charge >= 0.3 is 0 Å². The van der Waals surface area contributed by atoms with Crippen LogP contribution in [0.25, 0.3) is 0 Å². The van der Waals surface area contributed by atoms with E-state index in [1.165, 1.54) is 24.2 Å². The molecular weight excluding hydrogens is 290 g/mol. The van der Waals surface area contributed by atoms with Crippen molar-refractivity contribution in [2.24, 2.45) is 11.7 Å². The summed E-state index contributed by atoms with van der Waals surface area (Å²) in [5, 5.41) is 3.64. The van der Waals surface area contributed by atoms with Crippen LogP contribution in [0.15, 0.2) is 0 Å². The van der Waals surface area contributed by atoms with Crippen LogP contribution in [-0.2, 0) is 4.74 Å². The fraction of sp³-hybridized carbons (Fsp3) is 0.571. The van der Waals surface area contributed by atoms with Crippen molar-refractivity contribution in [3.05, 3.63) is 10.4 Å². The molecule has 1 aromatic heterocycles. The second-order valence-corrected chi connectivity index (χ2v) is 6.16. The van der Waals surface area contributed by atoms with Crippen molar-refractivity contribution in [1.29, 1.82) is 0 Å². The monoisotopic (exact) mass is 311 g/mol. The summed E-state index contributed by atoms with van der Waals surface area (Å²) < 4.78 is 5.51. The van der Waals surface area contributed by atoms with Crippen LogP contribution < -0.4 is 16.8 Å². The van der Waals surface area contributed by atoms with Crippen LogP contribution in [0.1, 0.15) is 46.2 Å². The Kier molecular flexibility index (Phi) is 5.19. The Balaban J connectivity index is 1.98. The summed E-state index contributed by atoms with van der Waals surface area (Å²) in [7, 11) is 0. The van der Waals surface area contributed by atoms with Gasteiger partial charge in [-0.15, -0.1) is 11.3 Å². The van der Waals surface area contributed by atoms with Crippen molar-refractivity contribution >= 4 is 33.7 Å². The minimum absolute atomic E-state index is 0.0852. The molecule has 6 nitrogen and oxygen atoms in total. The van der Waals surface area contributed by atoms with E-state index in [9.17, 15) is 9.59 Å². The second-order valence-electron chi connectivity index (χ2n) is 5.14. The summed E-state index contributed by atoms with van der Waals surface area (Å²) in [6, 6.07) is 0. The maximum absolute atomic E-state index is 11.8. The number of hydrogen-bond donors (Lipinski definition) is 3. The van der Waals surface area contributed by atoms with Gasteiger partial charge in [0.25, 0.3) is 5.91 Å². The third kappa shape index (κ3) is 3.95. The predicted molar refractivity (Wildman–Crippen MR) is 83.9 cm³/mol. The number of nitrogens with one attached hydrogen (secondary N) is 1. The van der Waals surface area contributed by atoms with Crippen LogP contribution in [0.2, 0.25) is 0 Å². The highest BCUT2D eigenvalue weighted by molar-refractivity contribution is 7.19. The van der Waals surface area contributed by atoms with Gasteiger partial charge < -0.3 is 21.5 Å². The minimum Gasteiger partial charge on any atom is -0.397 e. The van der Waals surface area contributed by atoms with Crippen molar-refractivity contribution in [3.8, 4) is 0 Å². The molecule has 2 rings (SSSR count). The van der Waals surface area contributed by atoms with Crippen LogP contribution in [0.3, 0.4) is 0 Å². The van der Waals surface area contributed by atoms with E-state index in [4.69, 9.17) is 16.2 Å². The molecule has 116 valence electrons. The number of carbonyl (C=O) groups excluding carboxylic acids is 2. The summed E-state index contributed by atoms with van der Waals surface area (Å²) in [5.74, 6) is 0.00989. The van der Waals surface area contributed by atoms with Gasteiger partial charge in [-0.1, -0.05) is 6.92 Å². The van der Waals surface area contributed by atoms with Gasteiger partial charge in [0, 0.05) is 19.6 Å². The Morgan fingerprint density at radius 1 is 1.43 bits per heavy atom. The lowest BCUT2D eigenvalue weighted by Crippen LogP contribution is -2.16. The molecule has 0 spiro atoms. The molecule has 1 aliphatic rings. The number of nitrogen functional groups attached to an aromatic ring is 1. The first kappa shape index (κ1) is 15.8. The molecule has 0 aliphatic heterocycles. The highest BCUT2D eigenvalue weighted by Gasteiger charge is 2.23. The molecule has 21 heavy (non-hydrogen) atoms. The molecule has 5 N–H and O–H groups in total. The standard InChI is InChI=1S/C14H21N3O3S/c1-2-9(18)12-11(15)10(13(16)19)14(21-12)17-5-6-20-7-8-3-4-8/h8,17H,2-7,15H2,1H3,(H2,16,19). The number of ketones is 1. The number of amides is 1. The van der Waals surface area contributed by atoms with E-state index in [1.807, 2.05) is 0 Å². The van der Waals surface area contributed by atoms with E-state index in [1.54, 1.807) is 6.92 Å². The molecule has 1 fully saturated rings. The van der Waals surface area contributed by atoms with Gasteiger partial charge in [-0.25, -0.2) is 0 Å². The van der Waals surface area contributed by atoms with Crippen LogP contribution in [0, 0.1) is 5.92 Å². The zero-order valence-corrected chi connectivity index (χ0v) is 12.9. The van der Waals surface area contributed by atoms with Gasteiger partial charge in [0.2, 0.25) is 0 Å². The maximum Gasteiger partial charge on any atom is 0.253 e. The first-order valence-electron chi connectivity index (χ1n) is 7.11. The molecule has 0 atom stereocenters. The summed E-state index contributed by atoms with van der Waals surface area (Å²) in [4.78, 5) is 23.7. The molecule has 1 amide bonds. The van der Waals surface area contributed by atoms with Crippen molar-refractivity contribution in [1.82, 2.24) is 0 Å². The second kappa shape index (κ2) is 6.91. The van der Waals surface area contributed by atoms with Gasteiger partial charge in [0.1, 0.15) is 5.00 Å². The molecule has 0 aromatic carbocycles. The smallest absolute Gasteiger partial charge is 0.253 e. The summed E-state index contributed by atoms with van der Waals surface area (Å²) in [6.07, 6.45) is 2.85. The molecule has 0 unspecified atom stereocenters. The normalized spacial score (nSPS) is 14.1. The fourth-order valence-corrected chi connectivity index (χ4v) is 3.11. The van der Waals surface area contributed by atoms with Crippen molar-refractivity contribution in [2.75, 3.05) is 30.8 Å². The van der Waals surface area contributed by atoms with Crippen molar-refractivity contribution in [3.63, 3.8) is 0 Å². The largest absolute Gasteiger partial charge is 0.397 e. The molecule has 0 saturated heterocycles. The molecule has 0 radical (unpaired) electrons. The SMILES string of the molecule is CCC(=O)c1sc(NCCOCC2CC2)c(C(N)=O)c1N.